The van der Waals surface area contributed by atoms with Crippen LogP contribution in [-0.2, 0) is 7.05 Å². The van der Waals surface area contributed by atoms with Crippen molar-refractivity contribution < 1.29 is 0 Å². The van der Waals surface area contributed by atoms with Gasteiger partial charge in [0.05, 0.1) is 6.20 Å². The van der Waals surface area contributed by atoms with Gasteiger partial charge < -0.3 is 9.88 Å². The van der Waals surface area contributed by atoms with E-state index in [9.17, 15) is 4.79 Å². The van der Waals surface area contributed by atoms with Crippen LogP contribution in [0.5, 0.6) is 0 Å². The Morgan fingerprint density at radius 2 is 1.76 bits per heavy atom. The maximum Gasteiger partial charge on any atom is 0.274 e. The minimum absolute atomic E-state index is 0.0535. The van der Waals surface area contributed by atoms with Crippen molar-refractivity contribution in [2.75, 3.05) is 5.32 Å². The Labute approximate surface area is 172 Å². The van der Waals surface area contributed by atoms with E-state index in [1.165, 1.54) is 5.56 Å². The van der Waals surface area contributed by atoms with Crippen LogP contribution < -0.4 is 10.9 Å². The molecule has 0 saturated heterocycles. The van der Waals surface area contributed by atoms with E-state index in [2.05, 4.69) is 40.7 Å². The lowest BCUT2D eigenvalue weighted by Gasteiger charge is -2.30. The zero-order chi connectivity index (χ0) is 20.4. The third-order valence-electron chi connectivity index (χ3n) is 6.00. The molecule has 29 heavy (non-hydrogen) atoms. The van der Waals surface area contributed by atoms with Gasteiger partial charge in [0.2, 0.25) is 0 Å². The van der Waals surface area contributed by atoms with Gasteiger partial charge >= 0.3 is 0 Å². The van der Waals surface area contributed by atoms with E-state index in [1.54, 1.807) is 4.68 Å². The van der Waals surface area contributed by atoms with Crippen LogP contribution in [0.4, 0.5) is 5.69 Å². The number of nitrogens with one attached hydrogen (secondary N) is 1. The van der Waals surface area contributed by atoms with Gasteiger partial charge in [0.25, 0.3) is 5.56 Å². The smallest absolute Gasteiger partial charge is 0.274 e. The molecule has 0 aliphatic heterocycles. The maximum absolute atomic E-state index is 13.0. The number of aryl methyl sites for hydroxylation is 1. The van der Waals surface area contributed by atoms with Gasteiger partial charge in [-0.3, -0.25) is 9.48 Å². The summed E-state index contributed by atoms with van der Waals surface area (Å²) < 4.78 is 3.61. The summed E-state index contributed by atoms with van der Waals surface area (Å²) in [5, 5.41) is 7.85. The number of anilines is 1. The van der Waals surface area contributed by atoms with Gasteiger partial charge in [-0.15, -0.1) is 0 Å². The van der Waals surface area contributed by atoms with Gasteiger partial charge in [0, 0.05) is 42.7 Å². The topological polar surface area (TPSA) is 51.9 Å². The van der Waals surface area contributed by atoms with Crippen molar-refractivity contribution in [2.24, 2.45) is 7.05 Å². The Bertz CT molecular complexity index is 1010. The van der Waals surface area contributed by atoms with Crippen LogP contribution in [0.3, 0.4) is 0 Å². The predicted molar refractivity (Wildman–Crippen MR) is 118 cm³/mol. The lowest BCUT2D eigenvalue weighted by Crippen LogP contribution is -2.31. The summed E-state index contributed by atoms with van der Waals surface area (Å²) in [6.07, 6.45) is 10.3. The molecule has 1 saturated carbocycles. The molecule has 1 fully saturated rings. The summed E-state index contributed by atoms with van der Waals surface area (Å²) in [6.45, 7) is 4.09. The largest absolute Gasteiger partial charge is 0.378 e. The standard InChI is InChI=1S/C24H30N4O/c1-17(2)28-16-20(21-14-25-27(3)15-21)13-23(24(28)29)26-22-11-9-19(10-12-22)18-7-5-4-6-8-18/h4-8,13-17,19,22,26H,9-12H2,1-3H3/t19-,22+. The molecule has 0 unspecified atom stereocenters. The monoisotopic (exact) mass is 390 g/mol. The predicted octanol–water partition coefficient (Wildman–Crippen LogP) is 4.97. The third-order valence-corrected chi connectivity index (χ3v) is 6.00. The van der Waals surface area contributed by atoms with Crippen LogP contribution in [0.15, 0.2) is 59.8 Å². The summed E-state index contributed by atoms with van der Waals surface area (Å²) >= 11 is 0. The highest BCUT2D eigenvalue weighted by molar-refractivity contribution is 5.65. The van der Waals surface area contributed by atoms with Crippen LogP contribution >= 0.6 is 0 Å². The fourth-order valence-electron chi connectivity index (χ4n) is 4.33. The zero-order valence-corrected chi connectivity index (χ0v) is 17.5. The zero-order valence-electron chi connectivity index (χ0n) is 17.5. The summed E-state index contributed by atoms with van der Waals surface area (Å²) in [4.78, 5) is 13.0. The Morgan fingerprint density at radius 1 is 1.03 bits per heavy atom. The molecule has 2 heterocycles. The Morgan fingerprint density at radius 3 is 2.38 bits per heavy atom. The highest BCUT2D eigenvalue weighted by Crippen LogP contribution is 2.34. The van der Waals surface area contributed by atoms with E-state index in [-0.39, 0.29) is 11.6 Å². The number of hydrogen-bond acceptors (Lipinski definition) is 3. The van der Waals surface area contributed by atoms with Crippen molar-refractivity contribution in [3.05, 3.63) is 70.9 Å². The van der Waals surface area contributed by atoms with Crippen molar-refractivity contribution >= 4 is 5.69 Å². The summed E-state index contributed by atoms with van der Waals surface area (Å²) in [5.41, 5.74) is 4.23. The molecule has 0 atom stereocenters. The molecular formula is C24H30N4O. The first-order valence-electron chi connectivity index (χ1n) is 10.6. The van der Waals surface area contributed by atoms with Gasteiger partial charge in [0.1, 0.15) is 5.69 Å². The molecule has 0 radical (unpaired) electrons. The van der Waals surface area contributed by atoms with E-state index in [1.807, 2.05) is 50.1 Å². The molecule has 5 heteroatoms. The van der Waals surface area contributed by atoms with E-state index in [0.717, 1.165) is 36.8 Å². The Balaban J connectivity index is 1.54. The highest BCUT2D eigenvalue weighted by Gasteiger charge is 2.23. The third kappa shape index (κ3) is 4.29. The molecule has 0 amide bonds. The molecule has 1 N–H and O–H groups in total. The van der Waals surface area contributed by atoms with Crippen LogP contribution in [0.1, 0.15) is 57.1 Å². The SMILES string of the molecule is CC(C)n1cc(-c2cnn(C)c2)cc(N[C@H]2CC[C@@H](c3ccccc3)CC2)c1=O. The quantitative estimate of drug-likeness (QED) is 0.669. The van der Waals surface area contributed by atoms with Crippen LogP contribution in [0.2, 0.25) is 0 Å². The number of nitrogens with zero attached hydrogens (tertiary/aromatic N) is 3. The number of hydrogen-bond donors (Lipinski definition) is 1. The van der Waals surface area contributed by atoms with Gasteiger partial charge in [-0.2, -0.15) is 5.10 Å². The normalized spacial score (nSPS) is 19.4. The van der Waals surface area contributed by atoms with Gasteiger partial charge in [0.15, 0.2) is 0 Å². The highest BCUT2D eigenvalue weighted by atomic mass is 16.1. The summed E-state index contributed by atoms with van der Waals surface area (Å²) in [5.74, 6) is 0.628. The van der Waals surface area contributed by atoms with Gasteiger partial charge in [-0.05, 0) is 57.1 Å². The second kappa shape index (κ2) is 8.27. The fourth-order valence-corrected chi connectivity index (χ4v) is 4.33. The molecule has 1 aliphatic rings. The van der Waals surface area contributed by atoms with Crippen LogP contribution in [-0.4, -0.2) is 20.4 Å². The Kier molecular flexibility index (Phi) is 5.56. The molecule has 5 nitrogen and oxygen atoms in total. The van der Waals surface area contributed by atoms with Gasteiger partial charge in [-0.1, -0.05) is 30.3 Å². The Hall–Kier alpha value is -2.82. The van der Waals surface area contributed by atoms with Gasteiger partial charge in [-0.25, -0.2) is 0 Å². The first-order valence-corrected chi connectivity index (χ1v) is 10.6. The van der Waals surface area contributed by atoms with Crippen molar-refractivity contribution in [3.63, 3.8) is 0 Å². The fraction of sp³-hybridized carbons (Fsp3) is 0.417. The van der Waals surface area contributed by atoms with Crippen LogP contribution in [0, 0.1) is 0 Å². The average Bonchev–Trinajstić information content (AvgIpc) is 3.17. The minimum atomic E-state index is 0.0535. The minimum Gasteiger partial charge on any atom is -0.378 e. The lowest BCUT2D eigenvalue weighted by atomic mass is 9.82. The molecule has 0 bridgehead atoms. The van der Waals surface area contributed by atoms with Crippen LogP contribution in [0.25, 0.3) is 11.1 Å². The first kappa shape index (κ1) is 19.5. The number of pyridine rings is 1. The second-order valence-electron chi connectivity index (χ2n) is 8.45. The lowest BCUT2D eigenvalue weighted by molar-refractivity contribution is 0.412. The molecule has 1 aromatic carbocycles. The molecule has 4 rings (SSSR count). The van der Waals surface area contributed by atoms with E-state index in [0.29, 0.717) is 17.6 Å². The number of aromatic nitrogens is 3. The molecular weight excluding hydrogens is 360 g/mol. The molecule has 152 valence electrons. The van der Waals surface area contributed by atoms with Crippen molar-refractivity contribution in [1.29, 1.82) is 0 Å². The average molecular weight is 391 g/mol. The summed E-state index contributed by atoms with van der Waals surface area (Å²) in [6, 6.07) is 13.2. The van der Waals surface area contributed by atoms with Crippen molar-refractivity contribution in [1.82, 2.24) is 14.3 Å². The summed E-state index contributed by atoms with van der Waals surface area (Å²) in [7, 11) is 1.91. The molecule has 0 spiro atoms. The van der Waals surface area contributed by atoms with E-state index in [4.69, 9.17) is 0 Å². The van der Waals surface area contributed by atoms with Crippen molar-refractivity contribution in [2.45, 2.75) is 57.5 Å². The van der Waals surface area contributed by atoms with E-state index >= 15 is 0 Å². The second-order valence-corrected chi connectivity index (χ2v) is 8.45. The van der Waals surface area contributed by atoms with Crippen molar-refractivity contribution in [3.8, 4) is 11.1 Å². The number of benzene rings is 1. The van der Waals surface area contributed by atoms with E-state index < -0.39 is 0 Å². The molecule has 2 aromatic heterocycles. The number of rotatable bonds is 5. The molecule has 3 aromatic rings. The first-order chi connectivity index (χ1) is 14.0. The molecule has 1 aliphatic carbocycles. The maximum atomic E-state index is 13.0.